The molecule has 0 bridgehead atoms. The van der Waals surface area contributed by atoms with Crippen molar-refractivity contribution in [1.29, 1.82) is 0 Å². The predicted octanol–water partition coefficient (Wildman–Crippen LogP) is 10.3. The molecule has 9 rings (SSSR count). The molecule has 3 aromatic heterocycles. The molecule has 3 heterocycles. The SMILES string of the molecule is c1ccc(-c2nc(-c3ccc4oc5ccccc5c4c3)nc(-c3cccc4oc5c(-c6ccccc6)cccc5c34)n2)cc1. The Hall–Kier alpha value is -6.07. The Morgan fingerprint density at radius 3 is 1.82 bits per heavy atom. The first-order valence-electron chi connectivity index (χ1n) is 14.5. The van der Waals surface area contributed by atoms with E-state index < -0.39 is 0 Å². The van der Waals surface area contributed by atoms with Gasteiger partial charge in [-0.15, -0.1) is 0 Å². The van der Waals surface area contributed by atoms with Crippen LogP contribution < -0.4 is 0 Å². The summed E-state index contributed by atoms with van der Waals surface area (Å²) < 4.78 is 12.6. The third-order valence-corrected chi connectivity index (χ3v) is 8.15. The third-order valence-electron chi connectivity index (χ3n) is 8.15. The number of benzene rings is 6. The second kappa shape index (κ2) is 9.75. The van der Waals surface area contributed by atoms with Crippen molar-refractivity contribution in [2.24, 2.45) is 0 Å². The molecule has 9 aromatic rings. The van der Waals surface area contributed by atoms with Gasteiger partial charge in [0.25, 0.3) is 0 Å². The Kier molecular flexibility index (Phi) is 5.43. The number of rotatable bonds is 4. The summed E-state index contributed by atoms with van der Waals surface area (Å²) in [6.07, 6.45) is 0. The largest absolute Gasteiger partial charge is 0.456 e. The van der Waals surface area contributed by atoms with Crippen LogP contribution in [0.15, 0.2) is 148 Å². The summed E-state index contributed by atoms with van der Waals surface area (Å²) in [5, 5.41) is 4.09. The van der Waals surface area contributed by atoms with Gasteiger partial charge in [-0.3, -0.25) is 0 Å². The molecule has 0 aliphatic rings. The van der Waals surface area contributed by atoms with E-state index >= 15 is 0 Å². The zero-order valence-electron chi connectivity index (χ0n) is 23.4. The van der Waals surface area contributed by atoms with Gasteiger partial charge in [0.1, 0.15) is 22.3 Å². The van der Waals surface area contributed by atoms with Crippen LogP contribution in [0, 0.1) is 0 Å². The number of para-hydroxylation sites is 2. The second-order valence-electron chi connectivity index (χ2n) is 10.8. The monoisotopic (exact) mass is 565 g/mol. The number of fused-ring (bicyclic) bond motifs is 6. The molecule has 0 atom stereocenters. The molecule has 0 N–H and O–H groups in total. The van der Waals surface area contributed by atoms with Gasteiger partial charge in [0.05, 0.1) is 0 Å². The van der Waals surface area contributed by atoms with Gasteiger partial charge < -0.3 is 8.83 Å². The number of hydrogen-bond acceptors (Lipinski definition) is 5. The number of nitrogens with zero attached hydrogens (tertiary/aromatic N) is 3. The Bertz CT molecular complexity index is 2500. The quantitative estimate of drug-likeness (QED) is 0.212. The van der Waals surface area contributed by atoms with E-state index in [0.29, 0.717) is 17.5 Å². The minimum absolute atomic E-state index is 0.587. The number of hydrogen-bond donors (Lipinski definition) is 0. The second-order valence-corrected chi connectivity index (χ2v) is 10.8. The summed E-state index contributed by atoms with van der Waals surface area (Å²) in [5.74, 6) is 1.79. The minimum Gasteiger partial charge on any atom is -0.456 e. The molecule has 0 fully saturated rings. The highest BCUT2D eigenvalue weighted by molar-refractivity contribution is 6.15. The Morgan fingerprint density at radius 2 is 0.977 bits per heavy atom. The maximum absolute atomic E-state index is 6.53. The highest BCUT2D eigenvalue weighted by Gasteiger charge is 2.20. The summed E-state index contributed by atoms with van der Waals surface area (Å²) in [6.45, 7) is 0. The van der Waals surface area contributed by atoms with Crippen LogP contribution in [0.2, 0.25) is 0 Å². The molecule has 0 spiro atoms. The fraction of sp³-hybridized carbons (Fsp3) is 0. The Labute approximate surface area is 252 Å². The van der Waals surface area contributed by atoms with Crippen LogP contribution in [0.1, 0.15) is 0 Å². The lowest BCUT2D eigenvalue weighted by Gasteiger charge is -2.09. The molecule has 0 saturated heterocycles. The van der Waals surface area contributed by atoms with Gasteiger partial charge in [-0.25, -0.2) is 15.0 Å². The molecule has 206 valence electrons. The van der Waals surface area contributed by atoms with E-state index in [2.05, 4.69) is 48.5 Å². The molecule has 5 heteroatoms. The van der Waals surface area contributed by atoms with Gasteiger partial charge in [0, 0.05) is 43.8 Å². The molecular formula is C39H23N3O2. The van der Waals surface area contributed by atoms with Crippen LogP contribution in [0.5, 0.6) is 0 Å². The zero-order chi connectivity index (χ0) is 29.0. The lowest BCUT2D eigenvalue weighted by atomic mass is 10.0. The number of aromatic nitrogens is 3. The van der Waals surface area contributed by atoms with Crippen LogP contribution >= 0.6 is 0 Å². The van der Waals surface area contributed by atoms with Gasteiger partial charge >= 0.3 is 0 Å². The first-order valence-corrected chi connectivity index (χ1v) is 14.5. The normalized spacial score (nSPS) is 11.6. The molecule has 5 nitrogen and oxygen atoms in total. The van der Waals surface area contributed by atoms with Crippen molar-refractivity contribution in [3.05, 3.63) is 140 Å². The van der Waals surface area contributed by atoms with Crippen molar-refractivity contribution in [2.75, 3.05) is 0 Å². The van der Waals surface area contributed by atoms with E-state index in [0.717, 1.165) is 71.7 Å². The van der Waals surface area contributed by atoms with Crippen molar-refractivity contribution in [3.8, 4) is 45.3 Å². The molecule has 0 saturated carbocycles. The van der Waals surface area contributed by atoms with E-state index in [1.807, 2.05) is 91.0 Å². The molecular weight excluding hydrogens is 542 g/mol. The predicted molar refractivity (Wildman–Crippen MR) is 176 cm³/mol. The molecule has 0 unspecified atom stereocenters. The molecule has 6 aromatic carbocycles. The van der Waals surface area contributed by atoms with Gasteiger partial charge in [-0.05, 0) is 35.9 Å². The highest BCUT2D eigenvalue weighted by Crippen LogP contribution is 2.40. The average molecular weight is 566 g/mol. The van der Waals surface area contributed by atoms with Crippen molar-refractivity contribution in [1.82, 2.24) is 15.0 Å². The van der Waals surface area contributed by atoms with E-state index in [9.17, 15) is 0 Å². The summed E-state index contributed by atoms with van der Waals surface area (Å²) in [5.41, 5.74) is 8.17. The Morgan fingerprint density at radius 1 is 0.364 bits per heavy atom. The van der Waals surface area contributed by atoms with Gasteiger partial charge in [0.2, 0.25) is 0 Å². The first-order chi connectivity index (χ1) is 21.8. The minimum atomic E-state index is 0.587. The molecule has 0 aliphatic carbocycles. The lowest BCUT2D eigenvalue weighted by molar-refractivity contribution is 0.669. The van der Waals surface area contributed by atoms with Crippen LogP contribution in [0.4, 0.5) is 0 Å². The van der Waals surface area contributed by atoms with Gasteiger partial charge in [0.15, 0.2) is 17.5 Å². The lowest BCUT2D eigenvalue weighted by Crippen LogP contribution is -2.00. The summed E-state index contributed by atoms with van der Waals surface area (Å²) in [4.78, 5) is 15.1. The Balaban J connectivity index is 1.29. The van der Waals surface area contributed by atoms with Crippen molar-refractivity contribution in [3.63, 3.8) is 0 Å². The summed E-state index contributed by atoms with van der Waals surface area (Å²) in [6, 6.07) is 46.9. The zero-order valence-corrected chi connectivity index (χ0v) is 23.4. The topological polar surface area (TPSA) is 65.0 Å². The third kappa shape index (κ3) is 3.91. The summed E-state index contributed by atoms with van der Waals surface area (Å²) >= 11 is 0. The van der Waals surface area contributed by atoms with Crippen LogP contribution in [-0.2, 0) is 0 Å². The van der Waals surface area contributed by atoms with Crippen LogP contribution in [0.3, 0.4) is 0 Å². The highest BCUT2D eigenvalue weighted by atomic mass is 16.3. The van der Waals surface area contributed by atoms with Crippen molar-refractivity contribution >= 4 is 43.9 Å². The smallest absolute Gasteiger partial charge is 0.164 e. The standard InChI is InChI=1S/C39H23N3O2/c1-3-11-24(12-4-1)27-16-9-17-29-35-30(18-10-20-34(35)44-36(27)29)39-41-37(25-13-5-2-6-14-25)40-38(42-39)26-21-22-33-31(23-26)28-15-7-8-19-32(28)43-33/h1-23H. The molecule has 0 amide bonds. The molecule has 0 aliphatic heterocycles. The van der Waals surface area contributed by atoms with E-state index in [1.54, 1.807) is 0 Å². The maximum atomic E-state index is 6.53. The van der Waals surface area contributed by atoms with Gasteiger partial charge in [-0.2, -0.15) is 0 Å². The number of furan rings is 2. The van der Waals surface area contributed by atoms with Crippen LogP contribution in [0.25, 0.3) is 89.2 Å². The van der Waals surface area contributed by atoms with Crippen molar-refractivity contribution < 1.29 is 8.83 Å². The maximum Gasteiger partial charge on any atom is 0.164 e. The molecule has 0 radical (unpaired) electrons. The average Bonchev–Trinajstić information content (AvgIpc) is 3.67. The van der Waals surface area contributed by atoms with E-state index in [-0.39, 0.29) is 0 Å². The fourth-order valence-electron chi connectivity index (χ4n) is 6.09. The first kappa shape index (κ1) is 24.5. The van der Waals surface area contributed by atoms with Crippen LogP contribution in [-0.4, -0.2) is 15.0 Å². The van der Waals surface area contributed by atoms with Crippen molar-refractivity contribution in [2.45, 2.75) is 0 Å². The van der Waals surface area contributed by atoms with E-state index in [4.69, 9.17) is 23.8 Å². The van der Waals surface area contributed by atoms with E-state index in [1.165, 1.54) is 0 Å². The molecule has 44 heavy (non-hydrogen) atoms. The fourth-order valence-corrected chi connectivity index (χ4v) is 6.09. The summed E-state index contributed by atoms with van der Waals surface area (Å²) in [7, 11) is 0. The van der Waals surface area contributed by atoms with Gasteiger partial charge in [-0.1, -0.05) is 109 Å².